The van der Waals surface area contributed by atoms with Crippen LogP contribution in [0, 0.1) is 17.3 Å². The van der Waals surface area contributed by atoms with E-state index in [4.69, 9.17) is 5.73 Å². The molecule has 0 spiro atoms. The van der Waals surface area contributed by atoms with Crippen molar-refractivity contribution >= 4 is 11.9 Å². The van der Waals surface area contributed by atoms with Gasteiger partial charge in [0.1, 0.15) is 6.04 Å². The first-order valence-electron chi connectivity index (χ1n) is 6.99. The summed E-state index contributed by atoms with van der Waals surface area (Å²) in [4.78, 5) is 23.4. The number of aliphatic carboxylic acids is 1. The SMILES string of the molecule is CC(C)(C)[C@@H](NC(=O)C1CCC(CN)CC1)C(=O)O. The highest BCUT2D eigenvalue weighted by Crippen LogP contribution is 2.29. The third kappa shape index (κ3) is 4.49. The number of amides is 1. The number of carbonyl (C=O) groups excluding carboxylic acids is 1. The van der Waals surface area contributed by atoms with Crippen LogP contribution in [0.4, 0.5) is 0 Å². The largest absolute Gasteiger partial charge is 0.480 e. The summed E-state index contributed by atoms with van der Waals surface area (Å²) < 4.78 is 0. The molecule has 1 aliphatic carbocycles. The molecular formula is C14H26N2O3. The lowest BCUT2D eigenvalue weighted by Gasteiger charge is -2.31. The van der Waals surface area contributed by atoms with Crippen LogP contribution in [-0.2, 0) is 9.59 Å². The van der Waals surface area contributed by atoms with E-state index in [1.807, 2.05) is 20.8 Å². The van der Waals surface area contributed by atoms with Gasteiger partial charge in [-0.2, -0.15) is 0 Å². The molecule has 0 aromatic carbocycles. The summed E-state index contributed by atoms with van der Waals surface area (Å²) in [6, 6.07) is -0.841. The lowest BCUT2D eigenvalue weighted by molar-refractivity contribution is -0.145. The fourth-order valence-electron chi connectivity index (χ4n) is 2.57. The van der Waals surface area contributed by atoms with Crippen LogP contribution < -0.4 is 11.1 Å². The topological polar surface area (TPSA) is 92.4 Å². The van der Waals surface area contributed by atoms with Crippen LogP contribution in [-0.4, -0.2) is 29.6 Å². The first-order chi connectivity index (χ1) is 8.75. The van der Waals surface area contributed by atoms with Gasteiger partial charge in [0.2, 0.25) is 5.91 Å². The Morgan fingerprint density at radius 2 is 1.79 bits per heavy atom. The molecule has 4 N–H and O–H groups in total. The van der Waals surface area contributed by atoms with E-state index in [1.165, 1.54) is 0 Å². The Morgan fingerprint density at radius 1 is 1.26 bits per heavy atom. The number of carboxylic acid groups (broad SMARTS) is 1. The highest BCUT2D eigenvalue weighted by molar-refractivity contribution is 5.85. The first-order valence-corrected chi connectivity index (χ1v) is 6.99. The standard InChI is InChI=1S/C14H26N2O3/c1-14(2,3)11(13(18)19)16-12(17)10-6-4-9(8-15)5-7-10/h9-11H,4-8,15H2,1-3H3,(H,16,17)(H,18,19)/t9?,10?,11-/m0/s1. The third-order valence-electron chi connectivity index (χ3n) is 3.95. The number of nitrogens with two attached hydrogens (primary N) is 1. The summed E-state index contributed by atoms with van der Waals surface area (Å²) in [7, 11) is 0. The zero-order chi connectivity index (χ0) is 14.6. The van der Waals surface area contributed by atoms with E-state index in [0.717, 1.165) is 25.7 Å². The van der Waals surface area contributed by atoms with Crippen LogP contribution in [0.3, 0.4) is 0 Å². The molecule has 5 nitrogen and oxygen atoms in total. The Balaban J connectivity index is 2.57. The molecule has 1 aliphatic rings. The summed E-state index contributed by atoms with van der Waals surface area (Å²) in [6.07, 6.45) is 3.54. The van der Waals surface area contributed by atoms with Gasteiger partial charge in [-0.25, -0.2) is 4.79 Å². The van der Waals surface area contributed by atoms with Gasteiger partial charge in [-0.3, -0.25) is 4.79 Å². The summed E-state index contributed by atoms with van der Waals surface area (Å²) in [5.41, 5.74) is 5.13. The van der Waals surface area contributed by atoms with Gasteiger partial charge in [-0.15, -0.1) is 0 Å². The van der Waals surface area contributed by atoms with Crippen LogP contribution in [0.2, 0.25) is 0 Å². The molecule has 0 heterocycles. The van der Waals surface area contributed by atoms with Gasteiger partial charge in [-0.05, 0) is 43.6 Å². The molecule has 0 aliphatic heterocycles. The van der Waals surface area contributed by atoms with Crippen molar-refractivity contribution in [1.82, 2.24) is 5.32 Å². The number of nitrogens with one attached hydrogen (secondary N) is 1. The molecule has 0 saturated heterocycles. The minimum atomic E-state index is -0.975. The van der Waals surface area contributed by atoms with Crippen molar-refractivity contribution in [2.75, 3.05) is 6.54 Å². The average molecular weight is 270 g/mol. The summed E-state index contributed by atoms with van der Waals surface area (Å²) in [6.45, 7) is 6.13. The summed E-state index contributed by atoms with van der Waals surface area (Å²) in [5.74, 6) is -0.650. The lowest BCUT2D eigenvalue weighted by Crippen LogP contribution is -2.51. The highest BCUT2D eigenvalue weighted by atomic mass is 16.4. The van der Waals surface area contributed by atoms with E-state index >= 15 is 0 Å². The Hall–Kier alpha value is -1.10. The molecule has 0 radical (unpaired) electrons. The maximum atomic E-state index is 12.1. The van der Waals surface area contributed by atoms with Crippen molar-refractivity contribution in [2.45, 2.75) is 52.5 Å². The van der Waals surface area contributed by atoms with Crippen LogP contribution >= 0.6 is 0 Å². The zero-order valence-corrected chi connectivity index (χ0v) is 12.1. The Kier molecular flexibility index (Phi) is 5.35. The van der Waals surface area contributed by atoms with Crippen molar-refractivity contribution in [2.24, 2.45) is 23.0 Å². The van der Waals surface area contributed by atoms with E-state index < -0.39 is 17.4 Å². The molecule has 0 unspecified atom stereocenters. The smallest absolute Gasteiger partial charge is 0.326 e. The Labute approximate surface area is 114 Å². The molecule has 1 saturated carbocycles. The number of carboxylic acids is 1. The number of hydrogen-bond acceptors (Lipinski definition) is 3. The van der Waals surface area contributed by atoms with Crippen molar-refractivity contribution in [1.29, 1.82) is 0 Å². The van der Waals surface area contributed by atoms with Gasteiger partial charge in [0.15, 0.2) is 0 Å². The predicted molar refractivity (Wildman–Crippen MR) is 73.5 cm³/mol. The van der Waals surface area contributed by atoms with Crippen molar-refractivity contribution < 1.29 is 14.7 Å². The molecule has 110 valence electrons. The fraction of sp³-hybridized carbons (Fsp3) is 0.857. The fourth-order valence-corrected chi connectivity index (χ4v) is 2.57. The maximum absolute atomic E-state index is 12.1. The maximum Gasteiger partial charge on any atom is 0.326 e. The van der Waals surface area contributed by atoms with Gasteiger partial charge >= 0.3 is 5.97 Å². The molecule has 0 aromatic rings. The van der Waals surface area contributed by atoms with Crippen LogP contribution in [0.1, 0.15) is 46.5 Å². The predicted octanol–water partition coefficient (Wildman–Crippen LogP) is 1.37. The second-order valence-corrected chi connectivity index (χ2v) is 6.60. The molecule has 5 heteroatoms. The van der Waals surface area contributed by atoms with E-state index in [0.29, 0.717) is 12.5 Å². The molecule has 1 rings (SSSR count). The second-order valence-electron chi connectivity index (χ2n) is 6.60. The molecule has 19 heavy (non-hydrogen) atoms. The van der Waals surface area contributed by atoms with Crippen LogP contribution in [0.15, 0.2) is 0 Å². The van der Waals surface area contributed by atoms with Gasteiger partial charge in [-0.1, -0.05) is 20.8 Å². The Bertz CT molecular complexity index is 328. The van der Waals surface area contributed by atoms with Crippen molar-refractivity contribution in [3.05, 3.63) is 0 Å². The lowest BCUT2D eigenvalue weighted by atomic mass is 9.80. The zero-order valence-electron chi connectivity index (χ0n) is 12.1. The first kappa shape index (κ1) is 16.0. The van der Waals surface area contributed by atoms with E-state index in [-0.39, 0.29) is 11.8 Å². The van der Waals surface area contributed by atoms with E-state index in [2.05, 4.69) is 5.32 Å². The second kappa shape index (κ2) is 6.37. The van der Waals surface area contributed by atoms with Gasteiger partial charge in [0, 0.05) is 5.92 Å². The monoisotopic (exact) mass is 270 g/mol. The highest BCUT2D eigenvalue weighted by Gasteiger charge is 2.35. The van der Waals surface area contributed by atoms with Crippen molar-refractivity contribution in [3.8, 4) is 0 Å². The molecule has 1 fully saturated rings. The summed E-state index contributed by atoms with van der Waals surface area (Å²) in [5, 5.41) is 11.9. The quantitative estimate of drug-likeness (QED) is 0.719. The Morgan fingerprint density at radius 3 is 2.16 bits per heavy atom. The summed E-state index contributed by atoms with van der Waals surface area (Å²) >= 11 is 0. The molecule has 0 bridgehead atoms. The molecule has 0 aromatic heterocycles. The average Bonchev–Trinajstić information content (AvgIpc) is 2.34. The molecular weight excluding hydrogens is 244 g/mol. The van der Waals surface area contributed by atoms with Gasteiger partial charge in [0.05, 0.1) is 0 Å². The number of carbonyl (C=O) groups is 2. The number of rotatable bonds is 4. The van der Waals surface area contributed by atoms with Gasteiger partial charge < -0.3 is 16.2 Å². The van der Waals surface area contributed by atoms with Crippen molar-refractivity contribution in [3.63, 3.8) is 0 Å². The van der Waals surface area contributed by atoms with E-state index in [9.17, 15) is 14.7 Å². The molecule has 1 atom stereocenters. The molecule has 1 amide bonds. The minimum Gasteiger partial charge on any atom is -0.480 e. The van der Waals surface area contributed by atoms with E-state index in [1.54, 1.807) is 0 Å². The van der Waals surface area contributed by atoms with Gasteiger partial charge in [0.25, 0.3) is 0 Å². The van der Waals surface area contributed by atoms with Crippen LogP contribution in [0.25, 0.3) is 0 Å². The van der Waals surface area contributed by atoms with Crippen LogP contribution in [0.5, 0.6) is 0 Å². The third-order valence-corrected chi connectivity index (χ3v) is 3.95. The minimum absolute atomic E-state index is 0.0630. The number of hydrogen-bond donors (Lipinski definition) is 3. The normalized spacial score (nSPS) is 25.7.